The van der Waals surface area contributed by atoms with E-state index in [0.29, 0.717) is 12.6 Å². The summed E-state index contributed by atoms with van der Waals surface area (Å²) in [6.07, 6.45) is 2.50. The molecule has 1 rings (SSSR count). The maximum atomic E-state index is 11.7. The third kappa shape index (κ3) is 4.91. The summed E-state index contributed by atoms with van der Waals surface area (Å²) in [6.45, 7) is 3.24. The van der Waals surface area contributed by atoms with E-state index < -0.39 is 11.9 Å². The van der Waals surface area contributed by atoms with Crippen LogP contribution >= 0.6 is 0 Å². The van der Waals surface area contributed by atoms with Crippen LogP contribution in [0.3, 0.4) is 0 Å². The van der Waals surface area contributed by atoms with E-state index in [0.717, 1.165) is 6.54 Å². The van der Waals surface area contributed by atoms with Crippen LogP contribution in [0.5, 0.6) is 0 Å². The minimum absolute atomic E-state index is 0.215. The molecule has 0 spiro atoms. The second-order valence-electron chi connectivity index (χ2n) is 5.06. The first-order valence-corrected chi connectivity index (χ1v) is 6.33. The summed E-state index contributed by atoms with van der Waals surface area (Å²) in [5.41, 5.74) is 0. The minimum atomic E-state index is -0.886. The Kier molecular flexibility index (Phi) is 5.40. The third-order valence-electron chi connectivity index (χ3n) is 3.23. The van der Waals surface area contributed by atoms with Crippen molar-refractivity contribution >= 4 is 12.0 Å². The molecule has 2 N–H and O–H groups in total. The van der Waals surface area contributed by atoms with Crippen LogP contribution in [0.25, 0.3) is 0 Å². The van der Waals surface area contributed by atoms with Crippen LogP contribution < -0.4 is 5.32 Å². The summed E-state index contributed by atoms with van der Waals surface area (Å²) in [5.74, 6) is -1.43. The van der Waals surface area contributed by atoms with Gasteiger partial charge in [0.2, 0.25) is 0 Å². The lowest BCUT2D eigenvalue weighted by Gasteiger charge is -2.21. The molecule has 0 aromatic carbocycles. The van der Waals surface area contributed by atoms with E-state index in [1.807, 2.05) is 0 Å². The molecule has 0 saturated heterocycles. The highest BCUT2D eigenvalue weighted by Gasteiger charge is 2.25. The van der Waals surface area contributed by atoms with Gasteiger partial charge < -0.3 is 20.2 Å². The summed E-state index contributed by atoms with van der Waals surface area (Å²) in [5, 5.41) is 11.6. The highest BCUT2D eigenvalue weighted by molar-refractivity contribution is 5.75. The SMILES string of the molecule is CC(CN(C)C(=O)NCCN(C)C1CC1)C(=O)O. The Morgan fingerprint density at radius 3 is 2.50 bits per heavy atom. The van der Waals surface area contributed by atoms with E-state index >= 15 is 0 Å². The quantitative estimate of drug-likeness (QED) is 0.694. The van der Waals surface area contributed by atoms with Crippen molar-refractivity contribution in [1.82, 2.24) is 15.1 Å². The number of carbonyl (C=O) groups excluding carboxylic acids is 1. The number of carboxylic acids is 1. The average Bonchev–Trinajstić information content (AvgIpc) is 3.11. The molecule has 1 aliphatic rings. The maximum Gasteiger partial charge on any atom is 0.317 e. The zero-order valence-corrected chi connectivity index (χ0v) is 11.3. The number of aliphatic carboxylic acids is 1. The largest absolute Gasteiger partial charge is 0.481 e. The molecule has 0 radical (unpaired) electrons. The molecule has 0 aliphatic heterocycles. The summed E-state index contributed by atoms with van der Waals surface area (Å²) in [6, 6.07) is 0.471. The predicted octanol–water partition coefficient (Wildman–Crippen LogP) is 0.443. The first-order valence-electron chi connectivity index (χ1n) is 6.33. The van der Waals surface area contributed by atoms with Crippen LogP contribution in [0, 0.1) is 5.92 Å². The summed E-state index contributed by atoms with van der Waals surface area (Å²) in [7, 11) is 3.67. The Bertz CT molecular complexity index is 305. The van der Waals surface area contributed by atoms with Gasteiger partial charge in [0, 0.05) is 32.7 Å². The Hall–Kier alpha value is -1.30. The van der Waals surface area contributed by atoms with E-state index in [4.69, 9.17) is 5.11 Å². The maximum absolute atomic E-state index is 11.7. The lowest BCUT2D eigenvalue weighted by molar-refractivity contribution is -0.141. The lowest BCUT2D eigenvalue weighted by atomic mass is 10.2. The van der Waals surface area contributed by atoms with Gasteiger partial charge in [-0.25, -0.2) is 4.79 Å². The van der Waals surface area contributed by atoms with E-state index in [-0.39, 0.29) is 12.6 Å². The van der Waals surface area contributed by atoms with Gasteiger partial charge in [0.05, 0.1) is 5.92 Å². The van der Waals surface area contributed by atoms with Crippen molar-refractivity contribution in [2.45, 2.75) is 25.8 Å². The normalized spacial score (nSPS) is 16.4. The van der Waals surface area contributed by atoms with Crippen LogP contribution in [-0.4, -0.2) is 66.7 Å². The number of hydrogen-bond acceptors (Lipinski definition) is 3. The number of amides is 2. The molecular weight excluding hydrogens is 234 g/mol. The van der Waals surface area contributed by atoms with Crippen molar-refractivity contribution in [3.8, 4) is 0 Å². The molecule has 1 fully saturated rings. The van der Waals surface area contributed by atoms with Crippen molar-refractivity contribution in [3.05, 3.63) is 0 Å². The summed E-state index contributed by atoms with van der Waals surface area (Å²) in [4.78, 5) is 26.0. The van der Waals surface area contributed by atoms with Gasteiger partial charge in [0.15, 0.2) is 0 Å². The second kappa shape index (κ2) is 6.58. The molecule has 104 valence electrons. The molecular formula is C12H23N3O3. The highest BCUT2D eigenvalue weighted by Crippen LogP contribution is 2.24. The van der Waals surface area contributed by atoms with Crippen molar-refractivity contribution in [2.24, 2.45) is 5.92 Å². The molecule has 6 nitrogen and oxygen atoms in total. The van der Waals surface area contributed by atoms with Gasteiger partial charge in [-0.05, 0) is 19.9 Å². The molecule has 0 aromatic rings. The number of carbonyl (C=O) groups is 2. The van der Waals surface area contributed by atoms with Crippen molar-refractivity contribution in [3.63, 3.8) is 0 Å². The van der Waals surface area contributed by atoms with E-state index in [2.05, 4.69) is 17.3 Å². The fraction of sp³-hybridized carbons (Fsp3) is 0.833. The van der Waals surface area contributed by atoms with E-state index in [9.17, 15) is 9.59 Å². The zero-order valence-electron chi connectivity index (χ0n) is 11.3. The molecule has 1 aliphatic carbocycles. The van der Waals surface area contributed by atoms with Crippen LogP contribution in [0.15, 0.2) is 0 Å². The van der Waals surface area contributed by atoms with Gasteiger partial charge in [0.25, 0.3) is 0 Å². The average molecular weight is 257 g/mol. The predicted molar refractivity (Wildman–Crippen MR) is 68.5 cm³/mol. The fourth-order valence-electron chi connectivity index (χ4n) is 1.74. The van der Waals surface area contributed by atoms with Crippen molar-refractivity contribution in [1.29, 1.82) is 0 Å². The smallest absolute Gasteiger partial charge is 0.317 e. The van der Waals surface area contributed by atoms with Gasteiger partial charge in [-0.1, -0.05) is 6.92 Å². The molecule has 0 aromatic heterocycles. The molecule has 0 bridgehead atoms. The molecule has 18 heavy (non-hydrogen) atoms. The molecule has 2 amide bonds. The number of nitrogens with zero attached hydrogens (tertiary/aromatic N) is 2. The molecule has 0 heterocycles. The Morgan fingerprint density at radius 1 is 1.39 bits per heavy atom. The van der Waals surface area contributed by atoms with Crippen molar-refractivity contribution in [2.75, 3.05) is 33.7 Å². The Balaban J connectivity index is 2.16. The fourth-order valence-corrected chi connectivity index (χ4v) is 1.74. The van der Waals surface area contributed by atoms with Gasteiger partial charge in [-0.15, -0.1) is 0 Å². The second-order valence-corrected chi connectivity index (χ2v) is 5.06. The van der Waals surface area contributed by atoms with Gasteiger partial charge in [-0.2, -0.15) is 0 Å². The van der Waals surface area contributed by atoms with Gasteiger partial charge in [-0.3, -0.25) is 4.79 Å². The van der Waals surface area contributed by atoms with Crippen LogP contribution in [0.4, 0.5) is 4.79 Å². The Morgan fingerprint density at radius 2 is 2.00 bits per heavy atom. The Labute approximate surface area is 108 Å². The summed E-state index contributed by atoms with van der Waals surface area (Å²) >= 11 is 0. The highest BCUT2D eigenvalue weighted by atomic mass is 16.4. The minimum Gasteiger partial charge on any atom is -0.481 e. The number of likely N-dealkylation sites (N-methyl/N-ethyl adjacent to an activating group) is 1. The molecule has 1 saturated carbocycles. The molecule has 1 unspecified atom stereocenters. The lowest BCUT2D eigenvalue weighted by Crippen LogP contribution is -2.43. The van der Waals surface area contributed by atoms with Crippen molar-refractivity contribution < 1.29 is 14.7 Å². The number of hydrogen-bond donors (Lipinski definition) is 2. The first-order chi connectivity index (χ1) is 8.41. The topological polar surface area (TPSA) is 72.9 Å². The first kappa shape index (κ1) is 14.8. The van der Waals surface area contributed by atoms with Gasteiger partial charge >= 0.3 is 12.0 Å². The van der Waals surface area contributed by atoms with Crippen LogP contribution in [0.1, 0.15) is 19.8 Å². The molecule has 1 atom stereocenters. The summed E-state index contributed by atoms with van der Waals surface area (Å²) < 4.78 is 0. The zero-order chi connectivity index (χ0) is 13.7. The molecule has 6 heteroatoms. The monoisotopic (exact) mass is 257 g/mol. The van der Waals surface area contributed by atoms with Crippen LogP contribution in [-0.2, 0) is 4.79 Å². The standard InChI is InChI=1S/C12H23N3O3/c1-9(11(16)17)8-15(3)12(18)13-6-7-14(2)10-4-5-10/h9-10H,4-8H2,1-3H3,(H,13,18)(H,16,17). The third-order valence-corrected chi connectivity index (χ3v) is 3.23. The number of rotatable bonds is 7. The van der Waals surface area contributed by atoms with Gasteiger partial charge in [0.1, 0.15) is 0 Å². The number of nitrogens with one attached hydrogen (secondary N) is 1. The number of carboxylic acid groups (broad SMARTS) is 1. The number of urea groups is 1. The van der Waals surface area contributed by atoms with E-state index in [1.165, 1.54) is 17.7 Å². The van der Waals surface area contributed by atoms with Crippen LogP contribution in [0.2, 0.25) is 0 Å². The van der Waals surface area contributed by atoms with E-state index in [1.54, 1.807) is 14.0 Å².